The maximum atomic E-state index is 12.0. The molecule has 0 saturated heterocycles. The first-order chi connectivity index (χ1) is 9.72. The molecule has 0 aliphatic carbocycles. The van der Waals surface area contributed by atoms with Crippen molar-refractivity contribution in [2.24, 2.45) is 0 Å². The van der Waals surface area contributed by atoms with Gasteiger partial charge in [0, 0.05) is 11.9 Å². The minimum Gasteiger partial charge on any atom is -0.355 e. The summed E-state index contributed by atoms with van der Waals surface area (Å²) in [7, 11) is 0. The lowest BCUT2D eigenvalue weighted by atomic mass is 10.2. The lowest BCUT2D eigenvalue weighted by molar-refractivity contribution is -0.120. The van der Waals surface area contributed by atoms with Crippen molar-refractivity contribution in [3.8, 4) is 0 Å². The van der Waals surface area contributed by atoms with E-state index in [4.69, 9.17) is 0 Å². The Morgan fingerprint density at radius 3 is 2.85 bits per heavy atom. The van der Waals surface area contributed by atoms with Crippen molar-refractivity contribution in [1.82, 2.24) is 20.8 Å². The van der Waals surface area contributed by atoms with Crippen LogP contribution in [-0.2, 0) is 4.79 Å². The van der Waals surface area contributed by atoms with Gasteiger partial charge in [-0.25, -0.2) is 0 Å². The Morgan fingerprint density at radius 1 is 1.25 bits per heavy atom. The molecule has 20 heavy (non-hydrogen) atoms. The predicted octanol–water partition coefficient (Wildman–Crippen LogP) is 1.21. The van der Waals surface area contributed by atoms with Crippen molar-refractivity contribution in [2.45, 2.75) is 19.8 Å². The van der Waals surface area contributed by atoms with Gasteiger partial charge >= 0.3 is 0 Å². The van der Waals surface area contributed by atoms with Gasteiger partial charge in [-0.2, -0.15) is 5.10 Å². The van der Waals surface area contributed by atoms with E-state index < -0.39 is 0 Å². The van der Waals surface area contributed by atoms with Crippen molar-refractivity contribution in [2.75, 3.05) is 13.1 Å². The maximum Gasteiger partial charge on any atom is 0.272 e. The van der Waals surface area contributed by atoms with E-state index in [9.17, 15) is 9.59 Å². The van der Waals surface area contributed by atoms with E-state index in [1.165, 1.54) is 0 Å². The Labute approximate surface area is 116 Å². The van der Waals surface area contributed by atoms with Gasteiger partial charge in [0.15, 0.2) is 5.69 Å². The number of carbonyl (C=O) groups is 2. The standard InChI is InChI=1S/C14H18N4O2/c1-2-3-8-15-12(19)9-16-14(20)13-10-6-4-5-7-11(10)17-18-13/h4-7H,2-3,8-9H2,1H3,(H,15,19)(H,16,20)(H,17,18). The van der Waals surface area contributed by atoms with Crippen molar-refractivity contribution < 1.29 is 9.59 Å². The topological polar surface area (TPSA) is 86.9 Å². The third-order valence-corrected chi connectivity index (χ3v) is 2.95. The summed E-state index contributed by atoms with van der Waals surface area (Å²) in [5.41, 5.74) is 1.10. The molecule has 0 radical (unpaired) electrons. The summed E-state index contributed by atoms with van der Waals surface area (Å²) in [5, 5.41) is 12.8. The molecule has 1 aromatic carbocycles. The van der Waals surface area contributed by atoms with Gasteiger partial charge < -0.3 is 10.6 Å². The van der Waals surface area contributed by atoms with Crippen molar-refractivity contribution in [3.63, 3.8) is 0 Å². The molecule has 2 aromatic rings. The fraction of sp³-hybridized carbons (Fsp3) is 0.357. The molecule has 106 valence electrons. The average Bonchev–Trinajstić information content (AvgIpc) is 2.89. The lowest BCUT2D eigenvalue weighted by Crippen LogP contribution is -2.37. The molecule has 1 heterocycles. The zero-order valence-corrected chi connectivity index (χ0v) is 11.4. The molecule has 1 aromatic heterocycles. The van der Waals surface area contributed by atoms with E-state index in [2.05, 4.69) is 27.8 Å². The molecule has 0 bridgehead atoms. The fourth-order valence-electron chi connectivity index (χ4n) is 1.85. The highest BCUT2D eigenvalue weighted by Crippen LogP contribution is 2.14. The number of H-pyrrole nitrogens is 1. The van der Waals surface area contributed by atoms with Crippen LogP contribution in [0.25, 0.3) is 10.9 Å². The summed E-state index contributed by atoms with van der Waals surface area (Å²) >= 11 is 0. The van der Waals surface area contributed by atoms with E-state index in [-0.39, 0.29) is 18.4 Å². The molecule has 6 nitrogen and oxygen atoms in total. The highest BCUT2D eigenvalue weighted by molar-refractivity contribution is 6.05. The number of hydrogen-bond donors (Lipinski definition) is 3. The van der Waals surface area contributed by atoms with E-state index in [1.807, 2.05) is 24.3 Å². The van der Waals surface area contributed by atoms with Crippen LogP contribution in [0, 0.1) is 0 Å². The molecule has 2 rings (SSSR count). The first-order valence-corrected chi connectivity index (χ1v) is 6.70. The molecular formula is C14H18N4O2. The van der Waals surface area contributed by atoms with Crippen LogP contribution in [0.2, 0.25) is 0 Å². The van der Waals surface area contributed by atoms with Crippen LogP contribution in [0.4, 0.5) is 0 Å². The second kappa shape index (κ2) is 6.70. The molecule has 0 aliphatic rings. The Morgan fingerprint density at radius 2 is 2.05 bits per heavy atom. The fourth-order valence-corrected chi connectivity index (χ4v) is 1.85. The van der Waals surface area contributed by atoms with Crippen LogP contribution >= 0.6 is 0 Å². The van der Waals surface area contributed by atoms with Gasteiger partial charge in [-0.3, -0.25) is 14.7 Å². The molecule has 3 N–H and O–H groups in total. The number of amides is 2. The number of para-hydroxylation sites is 1. The first-order valence-electron chi connectivity index (χ1n) is 6.70. The molecule has 0 aliphatic heterocycles. The monoisotopic (exact) mass is 274 g/mol. The summed E-state index contributed by atoms with van der Waals surface area (Å²) in [6.07, 6.45) is 1.95. The smallest absolute Gasteiger partial charge is 0.272 e. The Balaban J connectivity index is 1.90. The second-order valence-electron chi connectivity index (χ2n) is 4.50. The van der Waals surface area contributed by atoms with Crippen LogP contribution in [0.3, 0.4) is 0 Å². The highest BCUT2D eigenvalue weighted by Gasteiger charge is 2.14. The van der Waals surface area contributed by atoms with Crippen molar-refractivity contribution in [3.05, 3.63) is 30.0 Å². The zero-order chi connectivity index (χ0) is 14.4. The Kier molecular flexibility index (Phi) is 4.70. The Bertz CT molecular complexity index is 606. The van der Waals surface area contributed by atoms with Gasteiger partial charge in [-0.05, 0) is 12.5 Å². The third kappa shape index (κ3) is 3.34. The first kappa shape index (κ1) is 14.0. The van der Waals surface area contributed by atoms with Gasteiger partial charge in [0.05, 0.1) is 12.1 Å². The van der Waals surface area contributed by atoms with Crippen molar-refractivity contribution >= 4 is 22.7 Å². The van der Waals surface area contributed by atoms with Crippen molar-refractivity contribution in [1.29, 1.82) is 0 Å². The van der Waals surface area contributed by atoms with Gasteiger partial charge in [-0.15, -0.1) is 0 Å². The summed E-state index contributed by atoms with van der Waals surface area (Å²) in [6, 6.07) is 7.36. The lowest BCUT2D eigenvalue weighted by Gasteiger charge is -2.05. The van der Waals surface area contributed by atoms with Gasteiger partial charge in [0.2, 0.25) is 5.91 Å². The van der Waals surface area contributed by atoms with Crippen LogP contribution in [-0.4, -0.2) is 35.1 Å². The molecule has 0 unspecified atom stereocenters. The highest BCUT2D eigenvalue weighted by atomic mass is 16.2. The van der Waals surface area contributed by atoms with Crippen LogP contribution in [0.5, 0.6) is 0 Å². The molecule has 0 fully saturated rings. The number of benzene rings is 1. The normalized spacial score (nSPS) is 10.4. The van der Waals surface area contributed by atoms with Gasteiger partial charge in [-0.1, -0.05) is 31.5 Å². The largest absolute Gasteiger partial charge is 0.355 e. The van der Waals surface area contributed by atoms with E-state index in [0.717, 1.165) is 23.7 Å². The number of aromatic nitrogens is 2. The average molecular weight is 274 g/mol. The minimum atomic E-state index is -0.354. The number of unbranched alkanes of at least 4 members (excludes halogenated alkanes) is 1. The Hall–Kier alpha value is -2.37. The van der Waals surface area contributed by atoms with Crippen LogP contribution < -0.4 is 10.6 Å². The van der Waals surface area contributed by atoms with Gasteiger partial charge in [0.1, 0.15) is 0 Å². The third-order valence-electron chi connectivity index (χ3n) is 2.95. The molecule has 6 heteroatoms. The van der Waals surface area contributed by atoms with E-state index in [0.29, 0.717) is 12.2 Å². The molecule has 2 amide bonds. The summed E-state index contributed by atoms with van der Waals surface area (Å²) in [4.78, 5) is 23.5. The number of hydrogen-bond acceptors (Lipinski definition) is 3. The predicted molar refractivity (Wildman–Crippen MR) is 76.3 cm³/mol. The number of rotatable bonds is 6. The van der Waals surface area contributed by atoms with E-state index in [1.54, 1.807) is 0 Å². The number of nitrogens with one attached hydrogen (secondary N) is 3. The molecular weight excluding hydrogens is 256 g/mol. The molecule has 0 saturated carbocycles. The van der Waals surface area contributed by atoms with Crippen LogP contribution in [0.1, 0.15) is 30.3 Å². The zero-order valence-electron chi connectivity index (χ0n) is 11.4. The molecule has 0 spiro atoms. The number of carbonyl (C=O) groups excluding carboxylic acids is 2. The summed E-state index contributed by atoms with van der Waals surface area (Å²) in [5.74, 6) is -0.542. The summed E-state index contributed by atoms with van der Waals surface area (Å²) < 4.78 is 0. The summed E-state index contributed by atoms with van der Waals surface area (Å²) in [6.45, 7) is 2.65. The SMILES string of the molecule is CCCCNC(=O)CNC(=O)c1n[nH]c2ccccc12. The minimum absolute atomic E-state index is 0.0380. The van der Waals surface area contributed by atoms with E-state index >= 15 is 0 Å². The van der Waals surface area contributed by atoms with Gasteiger partial charge in [0.25, 0.3) is 5.91 Å². The number of nitrogens with zero attached hydrogens (tertiary/aromatic N) is 1. The quantitative estimate of drug-likeness (QED) is 0.692. The molecule has 0 atom stereocenters. The second-order valence-corrected chi connectivity index (χ2v) is 4.50. The number of fused-ring (bicyclic) bond motifs is 1. The maximum absolute atomic E-state index is 12.0. The van der Waals surface area contributed by atoms with Crippen LogP contribution in [0.15, 0.2) is 24.3 Å². The number of aromatic amines is 1.